The van der Waals surface area contributed by atoms with Gasteiger partial charge in [-0.3, -0.25) is 4.98 Å². The summed E-state index contributed by atoms with van der Waals surface area (Å²) in [4.78, 5) is 7.89. The highest BCUT2D eigenvalue weighted by Gasteiger charge is 1.93. The van der Waals surface area contributed by atoms with Crippen molar-refractivity contribution in [3.8, 4) is 0 Å². The van der Waals surface area contributed by atoms with Crippen LogP contribution in [0, 0.1) is 0 Å². The molecular weight excluding hydrogens is 152 g/mol. The molecule has 12 heavy (non-hydrogen) atoms. The Morgan fingerprint density at radius 1 is 1.67 bits per heavy atom. The van der Waals surface area contributed by atoms with Gasteiger partial charge >= 0.3 is 0 Å². The molecule has 0 radical (unpaired) electrons. The second-order valence-corrected chi connectivity index (χ2v) is 2.64. The molecule has 0 spiro atoms. The molecule has 0 saturated heterocycles. The van der Waals surface area contributed by atoms with Crippen LogP contribution in [0.15, 0.2) is 24.5 Å². The van der Waals surface area contributed by atoms with Crippen LogP contribution in [-0.4, -0.2) is 16.5 Å². The van der Waals surface area contributed by atoms with E-state index >= 15 is 0 Å². The highest BCUT2D eigenvalue weighted by atomic mass is 15.0. The second-order valence-electron chi connectivity index (χ2n) is 2.64. The number of rotatable bonds is 3. The van der Waals surface area contributed by atoms with E-state index < -0.39 is 0 Å². The topological polar surface area (TPSA) is 63.8 Å². The fourth-order valence-electron chi connectivity index (χ4n) is 0.708. The first-order chi connectivity index (χ1) is 5.68. The van der Waals surface area contributed by atoms with E-state index in [2.05, 4.69) is 21.9 Å². The van der Waals surface area contributed by atoms with Crippen molar-refractivity contribution in [3.63, 3.8) is 0 Å². The summed E-state index contributed by atoms with van der Waals surface area (Å²) >= 11 is 0. The van der Waals surface area contributed by atoms with Crippen LogP contribution in [0.2, 0.25) is 0 Å². The SMILES string of the molecule is C=C(C)CNc1cncc(N)n1. The molecule has 64 valence electrons. The first-order valence-electron chi connectivity index (χ1n) is 3.64. The van der Waals surface area contributed by atoms with Crippen molar-refractivity contribution in [2.45, 2.75) is 6.92 Å². The van der Waals surface area contributed by atoms with Gasteiger partial charge in [-0.05, 0) is 6.92 Å². The molecule has 3 N–H and O–H groups in total. The van der Waals surface area contributed by atoms with Crippen LogP contribution in [0.5, 0.6) is 0 Å². The predicted molar refractivity (Wildman–Crippen MR) is 49.7 cm³/mol. The number of hydrogen-bond donors (Lipinski definition) is 2. The summed E-state index contributed by atoms with van der Waals surface area (Å²) in [5, 5.41) is 3.03. The lowest BCUT2D eigenvalue weighted by Crippen LogP contribution is -2.05. The lowest BCUT2D eigenvalue weighted by Gasteiger charge is -2.03. The molecule has 1 heterocycles. The summed E-state index contributed by atoms with van der Waals surface area (Å²) in [5.41, 5.74) is 6.47. The molecule has 0 bridgehead atoms. The monoisotopic (exact) mass is 164 g/mol. The van der Waals surface area contributed by atoms with E-state index in [0.29, 0.717) is 18.2 Å². The fourth-order valence-corrected chi connectivity index (χ4v) is 0.708. The third-order valence-corrected chi connectivity index (χ3v) is 1.22. The Labute approximate surface area is 71.5 Å². The van der Waals surface area contributed by atoms with Gasteiger partial charge in [0.05, 0.1) is 12.4 Å². The predicted octanol–water partition coefficient (Wildman–Crippen LogP) is 1.05. The molecule has 1 aromatic heterocycles. The molecule has 4 nitrogen and oxygen atoms in total. The van der Waals surface area contributed by atoms with E-state index in [1.54, 1.807) is 6.20 Å². The van der Waals surface area contributed by atoms with Gasteiger partial charge in [0.15, 0.2) is 0 Å². The van der Waals surface area contributed by atoms with Crippen molar-refractivity contribution in [2.75, 3.05) is 17.6 Å². The Hall–Kier alpha value is -1.58. The summed E-state index contributed by atoms with van der Waals surface area (Å²) in [7, 11) is 0. The molecule has 4 heteroatoms. The standard InChI is InChI=1S/C8H12N4/c1-6(2)3-11-8-5-10-4-7(9)12-8/h4-5H,1,3H2,2H3,(H3,9,11,12). The number of hydrogen-bond acceptors (Lipinski definition) is 4. The average molecular weight is 164 g/mol. The molecule has 0 fully saturated rings. The molecule has 1 rings (SSSR count). The molecule has 0 aromatic carbocycles. The van der Waals surface area contributed by atoms with Gasteiger partial charge in [0.1, 0.15) is 11.6 Å². The van der Waals surface area contributed by atoms with Gasteiger partial charge in [-0.15, -0.1) is 0 Å². The van der Waals surface area contributed by atoms with Crippen LogP contribution >= 0.6 is 0 Å². The van der Waals surface area contributed by atoms with Crippen LogP contribution in [-0.2, 0) is 0 Å². The Balaban J connectivity index is 2.57. The first-order valence-corrected chi connectivity index (χ1v) is 3.64. The Bertz CT molecular complexity index is 282. The molecule has 0 amide bonds. The minimum Gasteiger partial charge on any atom is -0.382 e. The zero-order chi connectivity index (χ0) is 8.97. The smallest absolute Gasteiger partial charge is 0.147 e. The molecule has 1 aromatic rings. The number of nitrogens with zero attached hydrogens (tertiary/aromatic N) is 2. The maximum atomic E-state index is 5.43. The quantitative estimate of drug-likeness (QED) is 0.655. The Morgan fingerprint density at radius 2 is 2.42 bits per heavy atom. The van der Waals surface area contributed by atoms with Gasteiger partial charge in [-0.25, -0.2) is 4.98 Å². The van der Waals surface area contributed by atoms with Crippen LogP contribution < -0.4 is 11.1 Å². The van der Waals surface area contributed by atoms with E-state index in [1.807, 2.05) is 6.92 Å². The maximum absolute atomic E-state index is 5.43. The molecule has 0 atom stereocenters. The van der Waals surface area contributed by atoms with Crippen molar-refractivity contribution in [1.82, 2.24) is 9.97 Å². The van der Waals surface area contributed by atoms with Gasteiger partial charge in [0, 0.05) is 6.54 Å². The first kappa shape index (κ1) is 8.52. The third kappa shape index (κ3) is 2.57. The van der Waals surface area contributed by atoms with Crippen molar-refractivity contribution in [2.24, 2.45) is 0 Å². The zero-order valence-corrected chi connectivity index (χ0v) is 7.04. The molecule has 0 aliphatic carbocycles. The highest BCUT2D eigenvalue weighted by Crippen LogP contribution is 2.02. The molecule has 0 aliphatic heterocycles. The normalized spacial score (nSPS) is 9.42. The van der Waals surface area contributed by atoms with Crippen molar-refractivity contribution in [3.05, 3.63) is 24.5 Å². The number of nitrogen functional groups attached to an aromatic ring is 1. The van der Waals surface area contributed by atoms with Crippen LogP contribution in [0.4, 0.5) is 11.6 Å². The van der Waals surface area contributed by atoms with Crippen LogP contribution in [0.3, 0.4) is 0 Å². The molecule has 0 saturated carbocycles. The van der Waals surface area contributed by atoms with Crippen molar-refractivity contribution < 1.29 is 0 Å². The summed E-state index contributed by atoms with van der Waals surface area (Å²) < 4.78 is 0. The lowest BCUT2D eigenvalue weighted by molar-refractivity contribution is 1.13. The summed E-state index contributed by atoms with van der Waals surface area (Å²) in [6.07, 6.45) is 3.13. The average Bonchev–Trinajstić information content (AvgIpc) is 2.01. The Morgan fingerprint density at radius 3 is 3.00 bits per heavy atom. The van der Waals surface area contributed by atoms with Gasteiger partial charge in [0.2, 0.25) is 0 Å². The van der Waals surface area contributed by atoms with Gasteiger partial charge in [0.25, 0.3) is 0 Å². The number of aromatic nitrogens is 2. The minimum atomic E-state index is 0.418. The van der Waals surface area contributed by atoms with Gasteiger partial charge < -0.3 is 11.1 Å². The van der Waals surface area contributed by atoms with E-state index in [9.17, 15) is 0 Å². The number of anilines is 2. The summed E-state index contributed by atoms with van der Waals surface area (Å²) in [6, 6.07) is 0. The van der Waals surface area contributed by atoms with E-state index in [4.69, 9.17) is 5.73 Å². The van der Waals surface area contributed by atoms with Crippen molar-refractivity contribution >= 4 is 11.6 Å². The maximum Gasteiger partial charge on any atom is 0.147 e. The summed E-state index contributed by atoms with van der Waals surface area (Å²) in [5.74, 6) is 1.10. The molecular formula is C8H12N4. The van der Waals surface area contributed by atoms with Crippen LogP contribution in [0.1, 0.15) is 6.92 Å². The number of nitrogens with two attached hydrogens (primary N) is 1. The highest BCUT2D eigenvalue weighted by molar-refractivity contribution is 5.39. The second kappa shape index (κ2) is 3.71. The molecule has 0 unspecified atom stereocenters. The fraction of sp³-hybridized carbons (Fsp3) is 0.250. The largest absolute Gasteiger partial charge is 0.382 e. The van der Waals surface area contributed by atoms with E-state index in [1.165, 1.54) is 6.20 Å². The van der Waals surface area contributed by atoms with Crippen molar-refractivity contribution in [1.29, 1.82) is 0 Å². The van der Waals surface area contributed by atoms with E-state index in [0.717, 1.165) is 5.57 Å². The van der Waals surface area contributed by atoms with Gasteiger partial charge in [-0.2, -0.15) is 0 Å². The number of nitrogens with one attached hydrogen (secondary N) is 1. The van der Waals surface area contributed by atoms with Crippen LogP contribution in [0.25, 0.3) is 0 Å². The zero-order valence-electron chi connectivity index (χ0n) is 7.04. The summed E-state index contributed by atoms with van der Waals surface area (Å²) in [6.45, 7) is 6.38. The molecule has 0 aliphatic rings. The third-order valence-electron chi connectivity index (χ3n) is 1.22. The van der Waals surface area contributed by atoms with E-state index in [-0.39, 0.29) is 0 Å². The Kier molecular flexibility index (Phi) is 2.63. The minimum absolute atomic E-state index is 0.418. The van der Waals surface area contributed by atoms with Gasteiger partial charge in [-0.1, -0.05) is 12.2 Å². The lowest BCUT2D eigenvalue weighted by atomic mass is 10.3.